The van der Waals surface area contributed by atoms with Crippen molar-refractivity contribution in [1.29, 1.82) is 0 Å². The van der Waals surface area contributed by atoms with E-state index in [4.69, 9.17) is 0 Å². The minimum atomic E-state index is -0.289. The first kappa shape index (κ1) is 8.71. The van der Waals surface area contributed by atoms with Crippen molar-refractivity contribution >= 4 is 11.3 Å². The van der Waals surface area contributed by atoms with E-state index in [0.29, 0.717) is 0 Å². The second-order valence-corrected chi connectivity index (χ2v) is 3.40. The van der Waals surface area contributed by atoms with Crippen LogP contribution < -0.4 is 5.32 Å². The first-order chi connectivity index (χ1) is 5.34. The maximum atomic E-state index is 9.51. The number of aliphatic hydroxyl groups excluding tert-OH is 1. The second-order valence-electron chi connectivity index (χ2n) is 2.42. The fraction of sp³-hybridized carbons (Fsp3) is 0.500. The number of nitrogens with one attached hydrogen (secondary N) is 1. The summed E-state index contributed by atoms with van der Waals surface area (Å²) in [5, 5.41) is 14.5. The lowest BCUT2D eigenvalue weighted by Crippen LogP contribution is -2.11. The van der Waals surface area contributed by atoms with E-state index in [-0.39, 0.29) is 6.10 Å². The first-order valence-corrected chi connectivity index (χ1v) is 4.58. The van der Waals surface area contributed by atoms with Crippen LogP contribution in [0.25, 0.3) is 0 Å². The van der Waals surface area contributed by atoms with Gasteiger partial charge in [0.15, 0.2) is 0 Å². The third-order valence-electron chi connectivity index (χ3n) is 1.54. The molecule has 1 aromatic rings. The summed E-state index contributed by atoms with van der Waals surface area (Å²) in [4.78, 5) is 1.06. The normalized spacial score (nSPS) is 13.3. The average Bonchev–Trinajstić information content (AvgIpc) is 2.52. The molecule has 3 heteroatoms. The van der Waals surface area contributed by atoms with Crippen LogP contribution in [-0.4, -0.2) is 18.7 Å². The van der Waals surface area contributed by atoms with Crippen molar-refractivity contribution < 1.29 is 5.11 Å². The topological polar surface area (TPSA) is 32.3 Å². The summed E-state index contributed by atoms with van der Waals surface area (Å²) in [6.07, 6.45) is 0.499. The predicted octanol–water partition coefficient (Wildman–Crippen LogP) is 1.39. The van der Waals surface area contributed by atoms with Crippen molar-refractivity contribution in [2.75, 3.05) is 13.6 Å². The number of hydrogen-bond acceptors (Lipinski definition) is 3. The Morgan fingerprint density at radius 2 is 2.55 bits per heavy atom. The van der Waals surface area contributed by atoms with Gasteiger partial charge in [0.05, 0.1) is 6.10 Å². The van der Waals surface area contributed by atoms with Crippen molar-refractivity contribution in [2.24, 2.45) is 0 Å². The molecule has 0 aliphatic carbocycles. The molecular weight excluding hydrogens is 158 g/mol. The number of rotatable bonds is 4. The summed E-state index contributed by atoms with van der Waals surface area (Å²) in [6.45, 7) is 0.860. The van der Waals surface area contributed by atoms with Crippen LogP contribution in [0.4, 0.5) is 0 Å². The minimum Gasteiger partial charge on any atom is -0.388 e. The molecule has 1 aromatic heterocycles. The molecule has 11 heavy (non-hydrogen) atoms. The van der Waals surface area contributed by atoms with Crippen LogP contribution in [0.2, 0.25) is 0 Å². The van der Waals surface area contributed by atoms with Crippen molar-refractivity contribution in [3.63, 3.8) is 0 Å². The zero-order valence-corrected chi connectivity index (χ0v) is 7.40. The molecule has 2 nitrogen and oxygen atoms in total. The Bertz CT molecular complexity index is 186. The maximum Gasteiger partial charge on any atom is 0.0894 e. The molecule has 0 unspecified atom stereocenters. The molecule has 0 amide bonds. The van der Waals surface area contributed by atoms with Crippen molar-refractivity contribution in [1.82, 2.24) is 5.32 Å². The molecule has 2 N–H and O–H groups in total. The first-order valence-electron chi connectivity index (χ1n) is 3.70. The molecule has 0 saturated heterocycles. The van der Waals surface area contributed by atoms with Gasteiger partial charge < -0.3 is 10.4 Å². The Kier molecular flexibility index (Phi) is 3.56. The van der Waals surface area contributed by atoms with Gasteiger partial charge in [-0.25, -0.2) is 0 Å². The Hall–Kier alpha value is -0.380. The van der Waals surface area contributed by atoms with Gasteiger partial charge in [-0.3, -0.25) is 0 Å². The Morgan fingerprint density at radius 1 is 1.73 bits per heavy atom. The molecule has 0 aliphatic heterocycles. The Labute approximate surface area is 70.9 Å². The highest BCUT2D eigenvalue weighted by Gasteiger charge is 2.06. The monoisotopic (exact) mass is 171 g/mol. The lowest BCUT2D eigenvalue weighted by Gasteiger charge is -2.06. The molecule has 0 aromatic carbocycles. The molecule has 1 atom stereocenters. The van der Waals surface area contributed by atoms with Crippen molar-refractivity contribution in [3.8, 4) is 0 Å². The molecule has 0 fully saturated rings. The van der Waals surface area contributed by atoms with Gasteiger partial charge in [-0.05, 0) is 31.5 Å². The van der Waals surface area contributed by atoms with Gasteiger partial charge >= 0.3 is 0 Å². The second kappa shape index (κ2) is 4.49. The quantitative estimate of drug-likeness (QED) is 0.717. The summed E-state index contributed by atoms with van der Waals surface area (Å²) < 4.78 is 0. The van der Waals surface area contributed by atoms with Crippen LogP contribution in [0, 0.1) is 0 Å². The van der Waals surface area contributed by atoms with E-state index in [9.17, 15) is 5.11 Å². The molecule has 1 rings (SSSR count). The lowest BCUT2D eigenvalue weighted by molar-refractivity contribution is 0.171. The Balaban J connectivity index is 2.36. The van der Waals surface area contributed by atoms with E-state index < -0.39 is 0 Å². The zero-order chi connectivity index (χ0) is 8.10. The molecule has 0 saturated carbocycles. The van der Waals surface area contributed by atoms with Crippen molar-refractivity contribution in [2.45, 2.75) is 12.5 Å². The summed E-state index contributed by atoms with van der Waals surface area (Å²) in [5.74, 6) is 0. The minimum absolute atomic E-state index is 0.289. The third kappa shape index (κ3) is 2.61. The standard InChI is InChI=1S/C8H13NOS/c1-9-5-4-7(10)8-3-2-6-11-8/h2-3,6-7,9-10H,4-5H2,1H3/t7-/m1/s1. The van der Waals surface area contributed by atoms with E-state index in [0.717, 1.165) is 17.8 Å². The summed E-state index contributed by atoms with van der Waals surface area (Å²) in [6, 6.07) is 3.92. The highest BCUT2D eigenvalue weighted by Crippen LogP contribution is 2.20. The molecule has 1 heterocycles. The summed E-state index contributed by atoms with van der Waals surface area (Å²) in [7, 11) is 1.89. The molecular formula is C8H13NOS. The maximum absolute atomic E-state index is 9.51. The van der Waals surface area contributed by atoms with Gasteiger partial charge in [0.2, 0.25) is 0 Å². The molecule has 0 radical (unpaired) electrons. The molecule has 0 spiro atoms. The molecule has 62 valence electrons. The summed E-state index contributed by atoms with van der Waals surface area (Å²) >= 11 is 1.60. The van der Waals surface area contributed by atoms with Crippen LogP contribution in [0.3, 0.4) is 0 Å². The van der Waals surface area contributed by atoms with Crippen molar-refractivity contribution in [3.05, 3.63) is 22.4 Å². The Morgan fingerprint density at radius 3 is 3.09 bits per heavy atom. The van der Waals surface area contributed by atoms with E-state index in [1.807, 2.05) is 24.6 Å². The van der Waals surface area contributed by atoms with E-state index in [1.165, 1.54) is 0 Å². The highest BCUT2D eigenvalue weighted by molar-refractivity contribution is 7.10. The number of thiophene rings is 1. The van der Waals surface area contributed by atoms with E-state index in [2.05, 4.69) is 5.32 Å². The van der Waals surface area contributed by atoms with E-state index >= 15 is 0 Å². The predicted molar refractivity (Wildman–Crippen MR) is 47.8 cm³/mol. The highest BCUT2D eigenvalue weighted by atomic mass is 32.1. The summed E-state index contributed by atoms with van der Waals surface area (Å²) in [5.41, 5.74) is 0. The van der Waals surface area contributed by atoms with Gasteiger partial charge in [-0.2, -0.15) is 0 Å². The van der Waals surface area contributed by atoms with Crippen LogP contribution in [0.1, 0.15) is 17.4 Å². The average molecular weight is 171 g/mol. The van der Waals surface area contributed by atoms with E-state index in [1.54, 1.807) is 11.3 Å². The third-order valence-corrected chi connectivity index (χ3v) is 2.51. The van der Waals surface area contributed by atoms with Gasteiger partial charge in [0.25, 0.3) is 0 Å². The number of aliphatic hydroxyl groups is 1. The van der Waals surface area contributed by atoms with Gasteiger partial charge in [0.1, 0.15) is 0 Å². The zero-order valence-electron chi connectivity index (χ0n) is 6.58. The molecule has 0 bridgehead atoms. The number of hydrogen-bond donors (Lipinski definition) is 2. The van der Waals surface area contributed by atoms with Gasteiger partial charge in [0, 0.05) is 4.88 Å². The van der Waals surface area contributed by atoms with Crippen LogP contribution in [0.15, 0.2) is 17.5 Å². The fourth-order valence-corrected chi connectivity index (χ4v) is 1.65. The fourth-order valence-electron chi connectivity index (χ4n) is 0.904. The molecule has 0 aliphatic rings. The lowest BCUT2D eigenvalue weighted by atomic mass is 10.2. The van der Waals surface area contributed by atoms with Crippen LogP contribution in [0.5, 0.6) is 0 Å². The van der Waals surface area contributed by atoms with Crippen LogP contribution >= 0.6 is 11.3 Å². The smallest absolute Gasteiger partial charge is 0.0894 e. The van der Waals surface area contributed by atoms with Gasteiger partial charge in [-0.1, -0.05) is 6.07 Å². The van der Waals surface area contributed by atoms with Gasteiger partial charge in [-0.15, -0.1) is 11.3 Å². The largest absolute Gasteiger partial charge is 0.388 e. The van der Waals surface area contributed by atoms with Crippen LogP contribution in [-0.2, 0) is 0 Å². The SMILES string of the molecule is CNCC[C@@H](O)c1cccs1.